The maximum Gasteiger partial charge on any atom is 0.277 e. The van der Waals surface area contributed by atoms with Crippen LogP contribution in [0, 0.1) is 0 Å². The summed E-state index contributed by atoms with van der Waals surface area (Å²) in [6.45, 7) is 0.710. The van der Waals surface area contributed by atoms with Crippen LogP contribution < -0.4 is 9.64 Å². The summed E-state index contributed by atoms with van der Waals surface area (Å²) in [5.74, 6) is 0.284. The summed E-state index contributed by atoms with van der Waals surface area (Å²) >= 11 is 0. The molecule has 1 aliphatic rings. The Hall–Kier alpha value is -2.43. The van der Waals surface area contributed by atoms with Crippen LogP contribution in [0.25, 0.3) is 0 Å². The first-order valence-electron chi connectivity index (χ1n) is 6.55. The highest BCUT2D eigenvalue weighted by Crippen LogP contribution is 2.27. The average Bonchev–Trinajstić information content (AvgIpc) is 2.53. The summed E-state index contributed by atoms with van der Waals surface area (Å²) < 4.78 is 5.04. The summed E-state index contributed by atoms with van der Waals surface area (Å²) in [6.07, 6.45) is 3.32. The zero-order valence-corrected chi connectivity index (χ0v) is 11.2. The Balaban J connectivity index is 1.95. The van der Waals surface area contributed by atoms with E-state index in [1.807, 2.05) is 18.2 Å². The third kappa shape index (κ3) is 2.22. The molecule has 20 heavy (non-hydrogen) atoms. The van der Waals surface area contributed by atoms with Gasteiger partial charge in [0.25, 0.3) is 5.91 Å². The van der Waals surface area contributed by atoms with Crippen molar-refractivity contribution >= 4 is 11.6 Å². The Labute approximate surface area is 117 Å². The lowest BCUT2D eigenvalue weighted by atomic mass is 10.0. The number of anilines is 1. The zero-order chi connectivity index (χ0) is 13.9. The largest absolute Gasteiger partial charge is 0.481 e. The van der Waals surface area contributed by atoms with E-state index in [0.717, 1.165) is 18.5 Å². The van der Waals surface area contributed by atoms with Gasteiger partial charge in [-0.15, -0.1) is 0 Å². The van der Waals surface area contributed by atoms with Gasteiger partial charge in [0.1, 0.15) is 12.0 Å². The molecule has 0 saturated carbocycles. The fraction of sp³-hybridized carbons (Fsp3) is 0.267. The fourth-order valence-electron chi connectivity index (χ4n) is 2.45. The molecule has 0 N–H and O–H groups in total. The van der Waals surface area contributed by atoms with Crippen LogP contribution in [-0.2, 0) is 6.42 Å². The van der Waals surface area contributed by atoms with Gasteiger partial charge in [0, 0.05) is 18.3 Å². The molecule has 0 radical (unpaired) electrons. The third-order valence-corrected chi connectivity index (χ3v) is 3.43. The Morgan fingerprint density at radius 3 is 3.00 bits per heavy atom. The van der Waals surface area contributed by atoms with Gasteiger partial charge in [-0.2, -0.15) is 0 Å². The van der Waals surface area contributed by atoms with Crippen LogP contribution in [0.3, 0.4) is 0 Å². The molecule has 1 amide bonds. The summed E-state index contributed by atoms with van der Waals surface area (Å²) in [7, 11) is 1.52. The molecule has 0 atom stereocenters. The number of carbonyl (C=O) groups excluding carboxylic acids is 1. The summed E-state index contributed by atoms with van der Waals surface area (Å²) in [4.78, 5) is 22.4. The SMILES string of the molecule is COc1cc(C(=O)N2CCCc3ccccc32)ncn1. The standard InChI is InChI=1S/C15H15N3O2/c1-20-14-9-12(16-10-17-14)15(19)18-8-4-6-11-5-2-3-7-13(11)18/h2-3,5,7,9-10H,4,6,8H2,1H3. The first kappa shape index (κ1) is 12.6. The van der Waals surface area contributed by atoms with Crippen molar-refractivity contribution in [2.75, 3.05) is 18.6 Å². The van der Waals surface area contributed by atoms with Gasteiger partial charge in [0.05, 0.1) is 7.11 Å². The van der Waals surface area contributed by atoms with E-state index in [1.54, 1.807) is 11.0 Å². The number of aryl methyl sites for hydroxylation is 1. The molecular weight excluding hydrogens is 254 g/mol. The monoisotopic (exact) mass is 269 g/mol. The molecule has 0 spiro atoms. The molecule has 0 bridgehead atoms. The third-order valence-electron chi connectivity index (χ3n) is 3.43. The van der Waals surface area contributed by atoms with E-state index in [9.17, 15) is 4.79 Å². The number of carbonyl (C=O) groups is 1. The molecule has 2 heterocycles. The minimum absolute atomic E-state index is 0.113. The van der Waals surface area contributed by atoms with Crippen LogP contribution >= 0.6 is 0 Å². The smallest absolute Gasteiger partial charge is 0.277 e. The number of rotatable bonds is 2. The number of para-hydroxylation sites is 1. The number of aromatic nitrogens is 2. The number of nitrogens with zero attached hydrogens (tertiary/aromatic N) is 3. The molecular formula is C15H15N3O2. The predicted octanol–water partition coefficient (Wildman–Crippen LogP) is 2.08. The van der Waals surface area contributed by atoms with Gasteiger partial charge >= 0.3 is 0 Å². The van der Waals surface area contributed by atoms with Crippen molar-refractivity contribution in [1.29, 1.82) is 0 Å². The number of methoxy groups -OCH3 is 1. The van der Waals surface area contributed by atoms with Crippen LogP contribution in [0.5, 0.6) is 5.88 Å². The minimum Gasteiger partial charge on any atom is -0.481 e. The molecule has 0 aliphatic carbocycles. The lowest BCUT2D eigenvalue weighted by molar-refractivity contribution is 0.0979. The molecule has 5 heteroatoms. The van der Waals surface area contributed by atoms with Crippen molar-refractivity contribution in [3.63, 3.8) is 0 Å². The molecule has 0 fully saturated rings. The van der Waals surface area contributed by atoms with Gasteiger partial charge in [0.15, 0.2) is 0 Å². The maximum absolute atomic E-state index is 12.6. The van der Waals surface area contributed by atoms with Gasteiger partial charge in [-0.3, -0.25) is 4.79 Å². The van der Waals surface area contributed by atoms with E-state index in [2.05, 4.69) is 16.0 Å². The number of amides is 1. The average molecular weight is 269 g/mol. The summed E-state index contributed by atoms with van der Waals surface area (Å²) in [5, 5.41) is 0. The lowest BCUT2D eigenvalue weighted by Gasteiger charge is -2.29. The zero-order valence-electron chi connectivity index (χ0n) is 11.2. The Morgan fingerprint density at radius 1 is 1.30 bits per heavy atom. The molecule has 1 aromatic heterocycles. The molecule has 1 aliphatic heterocycles. The van der Waals surface area contributed by atoms with Crippen LogP contribution in [-0.4, -0.2) is 29.5 Å². The second-order valence-electron chi connectivity index (χ2n) is 4.63. The van der Waals surface area contributed by atoms with E-state index < -0.39 is 0 Å². The van der Waals surface area contributed by atoms with Crippen LogP contribution in [0.1, 0.15) is 22.5 Å². The van der Waals surface area contributed by atoms with Crippen molar-refractivity contribution in [1.82, 2.24) is 9.97 Å². The van der Waals surface area contributed by atoms with Crippen molar-refractivity contribution in [3.8, 4) is 5.88 Å². The number of fused-ring (bicyclic) bond motifs is 1. The first-order chi connectivity index (χ1) is 9.79. The summed E-state index contributed by atoms with van der Waals surface area (Å²) in [6, 6.07) is 9.56. The molecule has 2 aromatic rings. The van der Waals surface area contributed by atoms with Crippen molar-refractivity contribution < 1.29 is 9.53 Å². The van der Waals surface area contributed by atoms with Gasteiger partial charge in [-0.25, -0.2) is 9.97 Å². The molecule has 0 unspecified atom stereocenters. The van der Waals surface area contributed by atoms with E-state index in [0.29, 0.717) is 18.1 Å². The Bertz CT molecular complexity index is 643. The van der Waals surface area contributed by atoms with E-state index >= 15 is 0 Å². The van der Waals surface area contributed by atoms with Gasteiger partial charge < -0.3 is 9.64 Å². The Kier molecular flexibility index (Phi) is 3.33. The fourth-order valence-corrected chi connectivity index (χ4v) is 2.45. The van der Waals surface area contributed by atoms with E-state index in [1.165, 1.54) is 19.0 Å². The van der Waals surface area contributed by atoms with Crippen molar-refractivity contribution in [2.24, 2.45) is 0 Å². The number of hydrogen-bond acceptors (Lipinski definition) is 4. The van der Waals surface area contributed by atoms with Gasteiger partial charge in [0.2, 0.25) is 5.88 Å². The van der Waals surface area contributed by atoms with E-state index in [-0.39, 0.29) is 5.91 Å². The van der Waals surface area contributed by atoms with Crippen molar-refractivity contribution in [3.05, 3.63) is 47.9 Å². The number of hydrogen-bond donors (Lipinski definition) is 0. The normalized spacial score (nSPS) is 13.8. The first-order valence-corrected chi connectivity index (χ1v) is 6.55. The maximum atomic E-state index is 12.6. The highest BCUT2D eigenvalue weighted by molar-refractivity contribution is 6.05. The van der Waals surface area contributed by atoms with E-state index in [4.69, 9.17) is 4.74 Å². The van der Waals surface area contributed by atoms with Crippen molar-refractivity contribution in [2.45, 2.75) is 12.8 Å². The van der Waals surface area contributed by atoms with Crippen LogP contribution in [0.4, 0.5) is 5.69 Å². The quantitative estimate of drug-likeness (QED) is 0.837. The predicted molar refractivity (Wildman–Crippen MR) is 75.0 cm³/mol. The molecule has 1 aromatic carbocycles. The van der Waals surface area contributed by atoms with Gasteiger partial charge in [-0.1, -0.05) is 18.2 Å². The van der Waals surface area contributed by atoms with Gasteiger partial charge in [-0.05, 0) is 24.5 Å². The topological polar surface area (TPSA) is 55.3 Å². The van der Waals surface area contributed by atoms with Crippen LogP contribution in [0.15, 0.2) is 36.7 Å². The summed E-state index contributed by atoms with van der Waals surface area (Å²) in [5.41, 5.74) is 2.53. The Morgan fingerprint density at radius 2 is 2.15 bits per heavy atom. The van der Waals surface area contributed by atoms with Crippen LogP contribution in [0.2, 0.25) is 0 Å². The molecule has 3 rings (SSSR count). The number of ether oxygens (including phenoxy) is 1. The highest BCUT2D eigenvalue weighted by Gasteiger charge is 2.24. The minimum atomic E-state index is -0.113. The molecule has 5 nitrogen and oxygen atoms in total. The highest BCUT2D eigenvalue weighted by atomic mass is 16.5. The number of benzene rings is 1. The molecule has 0 saturated heterocycles. The second kappa shape index (κ2) is 5.28. The molecule has 102 valence electrons. The lowest BCUT2D eigenvalue weighted by Crippen LogP contribution is -2.35. The second-order valence-corrected chi connectivity index (χ2v) is 4.63.